The van der Waals surface area contributed by atoms with Crippen molar-refractivity contribution >= 4 is 29.2 Å². The van der Waals surface area contributed by atoms with Gasteiger partial charge in [0.2, 0.25) is 0 Å². The van der Waals surface area contributed by atoms with Gasteiger partial charge in [0, 0.05) is 5.69 Å². The van der Waals surface area contributed by atoms with E-state index in [0.717, 1.165) is 22.6 Å². The van der Waals surface area contributed by atoms with Crippen LogP contribution in [-0.4, -0.2) is 31.7 Å². The molecule has 0 fully saturated rings. The summed E-state index contributed by atoms with van der Waals surface area (Å²) in [5.41, 5.74) is 5.69. The van der Waals surface area contributed by atoms with Gasteiger partial charge >= 0.3 is 0 Å². The van der Waals surface area contributed by atoms with E-state index in [9.17, 15) is 0 Å². The molecule has 3 aromatic rings. The Morgan fingerprint density at radius 2 is 1.74 bits per heavy atom. The summed E-state index contributed by atoms with van der Waals surface area (Å²) in [6, 6.07) is 23.1. The monoisotopic (exact) mass is 435 g/mol. The summed E-state index contributed by atoms with van der Waals surface area (Å²) >= 11 is 5.23. The maximum atomic E-state index is 5.80. The first kappa shape index (κ1) is 22.1. The van der Waals surface area contributed by atoms with Gasteiger partial charge in [-0.3, -0.25) is 5.43 Å². The van der Waals surface area contributed by atoms with Gasteiger partial charge in [-0.15, -0.1) is 0 Å². The van der Waals surface area contributed by atoms with E-state index in [-0.39, 0.29) is 0 Å². The van der Waals surface area contributed by atoms with E-state index in [0.29, 0.717) is 29.8 Å². The molecule has 160 valence electrons. The number of hydrogen-bond donors (Lipinski definition) is 2. The highest BCUT2D eigenvalue weighted by molar-refractivity contribution is 7.80. The number of ether oxygens (including phenoxy) is 3. The highest BCUT2D eigenvalue weighted by atomic mass is 32.1. The molecular formula is C24H25N3O3S. The van der Waals surface area contributed by atoms with Gasteiger partial charge in [-0.25, -0.2) is 0 Å². The molecule has 0 saturated carbocycles. The molecule has 0 aliphatic carbocycles. The fraction of sp³-hybridized carbons (Fsp3) is 0.167. The maximum absolute atomic E-state index is 5.80. The molecule has 0 bridgehead atoms. The fourth-order valence-corrected chi connectivity index (χ4v) is 2.92. The molecule has 3 rings (SSSR count). The summed E-state index contributed by atoms with van der Waals surface area (Å²) in [4.78, 5) is 0. The summed E-state index contributed by atoms with van der Waals surface area (Å²) in [7, 11) is 1.60. The lowest BCUT2D eigenvalue weighted by Gasteiger charge is -2.12. The van der Waals surface area contributed by atoms with E-state index in [1.807, 2.05) is 79.7 Å². The van der Waals surface area contributed by atoms with Crippen LogP contribution in [0.15, 0.2) is 77.9 Å². The van der Waals surface area contributed by atoms with E-state index in [2.05, 4.69) is 15.8 Å². The number of para-hydroxylation sites is 1. The summed E-state index contributed by atoms with van der Waals surface area (Å²) in [5, 5.41) is 7.62. The quantitative estimate of drug-likeness (QED) is 0.218. The average molecular weight is 436 g/mol. The smallest absolute Gasteiger partial charge is 0.191 e. The summed E-state index contributed by atoms with van der Waals surface area (Å²) in [6.45, 7) is 2.87. The first-order valence-electron chi connectivity index (χ1n) is 9.79. The Balaban J connectivity index is 1.48. The van der Waals surface area contributed by atoms with Crippen LogP contribution < -0.4 is 25.0 Å². The highest BCUT2D eigenvalue weighted by Crippen LogP contribution is 2.27. The number of aryl methyl sites for hydroxylation is 1. The molecule has 0 amide bonds. The first-order valence-corrected chi connectivity index (χ1v) is 10.2. The number of rotatable bonds is 9. The molecule has 0 atom stereocenters. The zero-order chi connectivity index (χ0) is 21.9. The molecule has 2 N–H and O–H groups in total. The van der Waals surface area contributed by atoms with Crippen LogP contribution in [0.25, 0.3) is 0 Å². The van der Waals surface area contributed by atoms with E-state index < -0.39 is 0 Å². The molecule has 0 spiro atoms. The molecule has 0 aliphatic heterocycles. The molecule has 3 aromatic carbocycles. The van der Waals surface area contributed by atoms with Crippen molar-refractivity contribution in [2.75, 3.05) is 25.6 Å². The van der Waals surface area contributed by atoms with Gasteiger partial charge in [0.25, 0.3) is 0 Å². The van der Waals surface area contributed by atoms with E-state index in [4.69, 9.17) is 26.4 Å². The van der Waals surface area contributed by atoms with Crippen LogP contribution in [-0.2, 0) is 0 Å². The molecule has 7 heteroatoms. The molecule has 0 saturated heterocycles. The van der Waals surface area contributed by atoms with E-state index in [1.54, 1.807) is 13.3 Å². The number of nitrogens with one attached hydrogen (secondary N) is 2. The Hall–Kier alpha value is -3.58. The van der Waals surface area contributed by atoms with Gasteiger partial charge in [0.05, 0.1) is 13.3 Å². The van der Waals surface area contributed by atoms with Gasteiger partial charge in [-0.1, -0.05) is 30.3 Å². The van der Waals surface area contributed by atoms with Crippen molar-refractivity contribution in [3.8, 4) is 17.2 Å². The van der Waals surface area contributed by atoms with Crippen molar-refractivity contribution in [1.82, 2.24) is 5.43 Å². The summed E-state index contributed by atoms with van der Waals surface area (Å²) in [5.74, 6) is 2.08. The number of hydrazone groups is 1. The standard InChI is InChI=1S/C24H25N3O3S/c1-18-7-6-10-21(15-18)29-13-14-30-22-12-11-19(16-23(22)28-2)17-25-27-24(31)26-20-8-4-3-5-9-20/h3-12,15-17H,13-14H2,1-2H3,(H2,26,27,31)/b25-17-. The Kier molecular flexibility index (Phi) is 8.25. The molecule has 0 aliphatic rings. The molecule has 6 nitrogen and oxygen atoms in total. The molecule has 0 unspecified atom stereocenters. The van der Waals surface area contributed by atoms with Crippen molar-refractivity contribution in [3.63, 3.8) is 0 Å². The molecule has 0 radical (unpaired) electrons. The van der Waals surface area contributed by atoms with Gasteiger partial charge in [-0.05, 0) is 72.7 Å². The van der Waals surface area contributed by atoms with Gasteiger partial charge in [0.1, 0.15) is 19.0 Å². The van der Waals surface area contributed by atoms with Crippen molar-refractivity contribution < 1.29 is 14.2 Å². The van der Waals surface area contributed by atoms with E-state index in [1.165, 1.54) is 0 Å². The highest BCUT2D eigenvalue weighted by Gasteiger charge is 2.05. The molecule has 31 heavy (non-hydrogen) atoms. The van der Waals surface area contributed by atoms with Crippen LogP contribution in [0.3, 0.4) is 0 Å². The zero-order valence-electron chi connectivity index (χ0n) is 17.5. The van der Waals surface area contributed by atoms with Gasteiger partial charge < -0.3 is 19.5 Å². The lowest BCUT2D eigenvalue weighted by Crippen LogP contribution is -2.23. The predicted molar refractivity (Wildman–Crippen MR) is 129 cm³/mol. The first-order chi connectivity index (χ1) is 15.1. The second kappa shape index (κ2) is 11.6. The molecular weight excluding hydrogens is 410 g/mol. The Bertz CT molecular complexity index is 1030. The van der Waals surface area contributed by atoms with Crippen LogP contribution in [0.1, 0.15) is 11.1 Å². The largest absolute Gasteiger partial charge is 0.493 e. The SMILES string of the molecule is COc1cc(/C=N\NC(=S)Nc2ccccc2)ccc1OCCOc1cccc(C)c1. The number of anilines is 1. The Labute approximate surface area is 187 Å². The normalized spacial score (nSPS) is 10.5. The minimum absolute atomic E-state index is 0.402. The number of thiocarbonyl (C=S) groups is 1. The maximum Gasteiger partial charge on any atom is 0.191 e. The summed E-state index contributed by atoms with van der Waals surface area (Å²) < 4.78 is 17.0. The second-order valence-corrected chi connectivity index (χ2v) is 7.02. The van der Waals surface area contributed by atoms with Crippen LogP contribution in [0.4, 0.5) is 5.69 Å². The van der Waals surface area contributed by atoms with Crippen LogP contribution >= 0.6 is 12.2 Å². The van der Waals surface area contributed by atoms with Gasteiger partial charge in [0.15, 0.2) is 16.6 Å². The third-order valence-corrected chi connectivity index (χ3v) is 4.39. The minimum Gasteiger partial charge on any atom is -0.493 e. The Morgan fingerprint density at radius 3 is 2.52 bits per heavy atom. The van der Waals surface area contributed by atoms with E-state index >= 15 is 0 Å². The average Bonchev–Trinajstić information content (AvgIpc) is 2.78. The number of hydrogen-bond acceptors (Lipinski definition) is 5. The van der Waals surface area contributed by atoms with Gasteiger partial charge in [-0.2, -0.15) is 5.10 Å². The number of methoxy groups -OCH3 is 1. The number of benzene rings is 3. The van der Waals surface area contributed by atoms with Crippen molar-refractivity contribution in [2.45, 2.75) is 6.92 Å². The van der Waals surface area contributed by atoms with Crippen molar-refractivity contribution in [3.05, 3.63) is 83.9 Å². The third-order valence-electron chi connectivity index (χ3n) is 4.20. The molecule has 0 heterocycles. The predicted octanol–water partition coefficient (Wildman–Crippen LogP) is 4.78. The third kappa shape index (κ3) is 7.31. The lowest BCUT2D eigenvalue weighted by atomic mass is 10.2. The summed E-state index contributed by atoms with van der Waals surface area (Å²) in [6.07, 6.45) is 1.66. The fourth-order valence-electron chi connectivity index (χ4n) is 2.75. The lowest BCUT2D eigenvalue weighted by molar-refractivity contribution is 0.211. The van der Waals surface area contributed by atoms with Crippen LogP contribution in [0, 0.1) is 6.92 Å². The topological polar surface area (TPSA) is 64.1 Å². The minimum atomic E-state index is 0.402. The molecule has 0 aromatic heterocycles. The van der Waals surface area contributed by atoms with Crippen LogP contribution in [0.2, 0.25) is 0 Å². The van der Waals surface area contributed by atoms with Crippen LogP contribution in [0.5, 0.6) is 17.2 Å². The Morgan fingerprint density at radius 1 is 0.935 bits per heavy atom. The second-order valence-electron chi connectivity index (χ2n) is 6.61. The van der Waals surface area contributed by atoms with Crippen molar-refractivity contribution in [1.29, 1.82) is 0 Å². The zero-order valence-corrected chi connectivity index (χ0v) is 18.3. The number of nitrogens with zero attached hydrogens (tertiary/aromatic N) is 1. The van der Waals surface area contributed by atoms with Crippen molar-refractivity contribution in [2.24, 2.45) is 5.10 Å².